The van der Waals surface area contributed by atoms with Crippen LogP contribution in [0.2, 0.25) is 0 Å². The minimum atomic E-state index is -0.164. The largest absolute Gasteiger partial charge is 0.497 e. The van der Waals surface area contributed by atoms with Gasteiger partial charge >= 0.3 is 6.03 Å². The van der Waals surface area contributed by atoms with Gasteiger partial charge in [-0.15, -0.1) is 0 Å². The quantitative estimate of drug-likeness (QED) is 0.865. The van der Waals surface area contributed by atoms with Crippen molar-refractivity contribution in [3.8, 4) is 16.9 Å². The predicted octanol–water partition coefficient (Wildman–Crippen LogP) is 3.00. The number of benzene rings is 2. The van der Waals surface area contributed by atoms with Crippen LogP contribution in [0.4, 0.5) is 10.5 Å². The van der Waals surface area contributed by atoms with Gasteiger partial charge in [0.25, 0.3) is 0 Å². The monoisotopic (exact) mass is 254 g/mol. The number of urea groups is 1. The van der Waals surface area contributed by atoms with Crippen LogP contribution >= 0.6 is 0 Å². The highest BCUT2D eigenvalue weighted by atomic mass is 16.5. The average Bonchev–Trinajstić information content (AvgIpc) is 2.46. The molecule has 19 heavy (non-hydrogen) atoms. The Morgan fingerprint density at radius 1 is 1.16 bits per heavy atom. The van der Waals surface area contributed by atoms with E-state index in [0.29, 0.717) is 6.54 Å². The van der Waals surface area contributed by atoms with Gasteiger partial charge in [-0.05, 0) is 23.3 Å². The second kappa shape index (κ2) is 4.65. The highest BCUT2D eigenvalue weighted by molar-refractivity contribution is 5.97. The molecule has 2 amide bonds. The third-order valence-electron chi connectivity index (χ3n) is 3.21. The number of hydrogen-bond acceptors (Lipinski definition) is 2. The molecule has 2 aromatic carbocycles. The van der Waals surface area contributed by atoms with Gasteiger partial charge in [0.1, 0.15) is 5.75 Å². The van der Waals surface area contributed by atoms with Crippen molar-refractivity contribution in [1.82, 2.24) is 5.32 Å². The number of ether oxygens (including phenoxy) is 1. The topological polar surface area (TPSA) is 50.4 Å². The fraction of sp³-hybridized carbons (Fsp3) is 0.133. The van der Waals surface area contributed by atoms with Gasteiger partial charge in [-0.2, -0.15) is 0 Å². The molecule has 0 atom stereocenters. The van der Waals surface area contributed by atoms with Gasteiger partial charge in [-0.3, -0.25) is 0 Å². The maximum Gasteiger partial charge on any atom is 0.319 e. The first-order chi connectivity index (χ1) is 9.28. The van der Waals surface area contributed by atoms with Crippen LogP contribution in [-0.2, 0) is 6.54 Å². The molecule has 0 bridgehead atoms. The number of hydrogen-bond donors (Lipinski definition) is 2. The number of nitrogens with one attached hydrogen (secondary N) is 2. The Kier molecular flexibility index (Phi) is 2.83. The summed E-state index contributed by atoms with van der Waals surface area (Å²) < 4.78 is 5.24. The number of rotatable bonds is 2. The Bertz CT molecular complexity index is 638. The van der Waals surface area contributed by atoms with Crippen molar-refractivity contribution >= 4 is 11.7 Å². The molecule has 3 rings (SSSR count). The van der Waals surface area contributed by atoms with E-state index in [1.165, 1.54) is 0 Å². The fourth-order valence-corrected chi connectivity index (χ4v) is 2.26. The van der Waals surface area contributed by atoms with Gasteiger partial charge in [-0.25, -0.2) is 4.79 Å². The average molecular weight is 254 g/mol. The Hall–Kier alpha value is -2.49. The first-order valence-electron chi connectivity index (χ1n) is 6.09. The third kappa shape index (κ3) is 2.12. The summed E-state index contributed by atoms with van der Waals surface area (Å²) in [5.74, 6) is 0.801. The zero-order valence-corrected chi connectivity index (χ0v) is 10.6. The van der Waals surface area contributed by atoms with Crippen LogP contribution in [0.25, 0.3) is 11.1 Å². The van der Waals surface area contributed by atoms with Gasteiger partial charge in [0.05, 0.1) is 12.8 Å². The SMILES string of the molecule is COc1cccc(-c2cccc3c2NC(=O)NC3)c1. The summed E-state index contributed by atoms with van der Waals surface area (Å²) in [5.41, 5.74) is 3.99. The lowest BCUT2D eigenvalue weighted by Crippen LogP contribution is -2.33. The van der Waals surface area contributed by atoms with Crippen LogP contribution < -0.4 is 15.4 Å². The molecule has 2 N–H and O–H groups in total. The first kappa shape index (κ1) is 11.6. The highest BCUT2D eigenvalue weighted by Gasteiger charge is 2.17. The number of carbonyl (C=O) groups excluding carboxylic acids is 1. The molecule has 4 heteroatoms. The van der Waals surface area contributed by atoms with Crippen molar-refractivity contribution < 1.29 is 9.53 Å². The highest BCUT2D eigenvalue weighted by Crippen LogP contribution is 2.34. The summed E-state index contributed by atoms with van der Waals surface area (Å²) >= 11 is 0. The molecular formula is C15H14N2O2. The Balaban J connectivity index is 2.12. The third-order valence-corrected chi connectivity index (χ3v) is 3.21. The summed E-state index contributed by atoms with van der Waals surface area (Å²) in [7, 11) is 1.64. The number of methoxy groups -OCH3 is 1. The maximum absolute atomic E-state index is 11.5. The molecule has 1 heterocycles. The Morgan fingerprint density at radius 3 is 2.84 bits per heavy atom. The molecule has 1 aliphatic rings. The molecule has 0 saturated carbocycles. The van der Waals surface area contributed by atoms with Crippen molar-refractivity contribution in [2.75, 3.05) is 12.4 Å². The molecule has 0 radical (unpaired) electrons. The van der Waals surface area contributed by atoms with Crippen LogP contribution in [0.1, 0.15) is 5.56 Å². The molecule has 1 aliphatic heterocycles. The number of carbonyl (C=O) groups is 1. The van der Waals surface area contributed by atoms with E-state index in [1.807, 2.05) is 42.5 Å². The van der Waals surface area contributed by atoms with E-state index in [4.69, 9.17) is 4.74 Å². The molecule has 96 valence electrons. The molecule has 0 fully saturated rings. The Morgan fingerprint density at radius 2 is 2.00 bits per heavy atom. The van der Waals surface area contributed by atoms with Crippen molar-refractivity contribution in [2.24, 2.45) is 0 Å². The number of anilines is 1. The van der Waals surface area contributed by atoms with Crippen molar-refractivity contribution in [1.29, 1.82) is 0 Å². The van der Waals surface area contributed by atoms with E-state index >= 15 is 0 Å². The minimum Gasteiger partial charge on any atom is -0.497 e. The predicted molar refractivity (Wildman–Crippen MR) is 74.3 cm³/mol. The summed E-state index contributed by atoms with van der Waals surface area (Å²) in [4.78, 5) is 11.5. The van der Waals surface area contributed by atoms with Crippen molar-refractivity contribution in [3.63, 3.8) is 0 Å². The maximum atomic E-state index is 11.5. The van der Waals surface area contributed by atoms with Crippen molar-refractivity contribution in [3.05, 3.63) is 48.0 Å². The Labute approximate surface area is 111 Å². The van der Waals surface area contributed by atoms with Crippen molar-refractivity contribution in [2.45, 2.75) is 6.54 Å². The van der Waals surface area contributed by atoms with E-state index in [2.05, 4.69) is 10.6 Å². The zero-order chi connectivity index (χ0) is 13.2. The van der Waals surface area contributed by atoms with E-state index in [-0.39, 0.29) is 6.03 Å². The zero-order valence-electron chi connectivity index (χ0n) is 10.6. The molecule has 0 saturated heterocycles. The lowest BCUT2D eigenvalue weighted by atomic mass is 9.99. The standard InChI is InChI=1S/C15H14N2O2/c1-19-12-6-2-4-10(8-12)13-7-3-5-11-9-16-15(18)17-14(11)13/h2-8H,9H2,1H3,(H2,16,17,18). The summed E-state index contributed by atoms with van der Waals surface area (Å²) in [6.45, 7) is 0.555. The molecule has 2 aromatic rings. The van der Waals surface area contributed by atoms with E-state index in [9.17, 15) is 4.79 Å². The molecule has 0 unspecified atom stereocenters. The molecule has 0 aromatic heterocycles. The first-order valence-corrected chi connectivity index (χ1v) is 6.09. The number of amides is 2. The van der Waals surface area contributed by atoms with Crippen LogP contribution in [0.5, 0.6) is 5.75 Å². The second-order valence-electron chi connectivity index (χ2n) is 4.38. The minimum absolute atomic E-state index is 0.164. The van der Waals surface area contributed by atoms with E-state index in [0.717, 1.165) is 28.1 Å². The van der Waals surface area contributed by atoms with E-state index < -0.39 is 0 Å². The number of fused-ring (bicyclic) bond motifs is 1. The number of para-hydroxylation sites is 1. The fourth-order valence-electron chi connectivity index (χ4n) is 2.26. The lowest BCUT2D eigenvalue weighted by molar-refractivity contribution is 0.251. The molecule has 0 spiro atoms. The summed E-state index contributed by atoms with van der Waals surface area (Å²) in [6, 6.07) is 13.6. The van der Waals surface area contributed by atoms with Gasteiger partial charge < -0.3 is 15.4 Å². The molecule has 4 nitrogen and oxygen atoms in total. The van der Waals surface area contributed by atoms with Gasteiger partial charge in [0.2, 0.25) is 0 Å². The summed E-state index contributed by atoms with van der Waals surface area (Å²) in [5, 5.41) is 5.64. The molecule has 0 aliphatic carbocycles. The van der Waals surface area contributed by atoms with Crippen LogP contribution in [0.3, 0.4) is 0 Å². The normalized spacial score (nSPS) is 13.2. The smallest absolute Gasteiger partial charge is 0.319 e. The van der Waals surface area contributed by atoms with Crippen LogP contribution in [0.15, 0.2) is 42.5 Å². The summed E-state index contributed by atoms with van der Waals surface area (Å²) in [6.07, 6.45) is 0. The van der Waals surface area contributed by atoms with Gasteiger partial charge in [0.15, 0.2) is 0 Å². The van der Waals surface area contributed by atoms with E-state index in [1.54, 1.807) is 7.11 Å². The van der Waals surface area contributed by atoms with Gasteiger partial charge in [-0.1, -0.05) is 30.3 Å². The van der Waals surface area contributed by atoms with Crippen LogP contribution in [-0.4, -0.2) is 13.1 Å². The second-order valence-corrected chi connectivity index (χ2v) is 4.38. The molecular weight excluding hydrogens is 240 g/mol. The lowest BCUT2D eigenvalue weighted by Gasteiger charge is -2.21. The van der Waals surface area contributed by atoms with Gasteiger partial charge in [0, 0.05) is 12.1 Å². The van der Waals surface area contributed by atoms with Crippen LogP contribution in [0, 0.1) is 0 Å².